The van der Waals surface area contributed by atoms with Gasteiger partial charge in [0.2, 0.25) is 10.0 Å². The zero-order chi connectivity index (χ0) is 18.3. The van der Waals surface area contributed by atoms with Gasteiger partial charge in [-0.05, 0) is 36.1 Å². The quantitative estimate of drug-likeness (QED) is 0.734. The van der Waals surface area contributed by atoms with Crippen molar-refractivity contribution < 1.29 is 17.9 Å². The SMILES string of the molecule is CCCc1ccc(S(=O)(=O)NC(Cc2ccccc2)C(=O)OC)cc1. The Balaban J connectivity index is 2.19. The number of carbonyl (C=O) groups excluding carboxylic acids is 1. The molecule has 2 aromatic rings. The number of methoxy groups -OCH3 is 1. The minimum Gasteiger partial charge on any atom is -0.468 e. The Kier molecular flexibility index (Phi) is 6.73. The highest BCUT2D eigenvalue weighted by Gasteiger charge is 2.26. The van der Waals surface area contributed by atoms with Gasteiger partial charge >= 0.3 is 5.97 Å². The van der Waals surface area contributed by atoms with Crippen LogP contribution in [0.25, 0.3) is 0 Å². The van der Waals surface area contributed by atoms with Gasteiger partial charge in [-0.1, -0.05) is 55.8 Å². The number of esters is 1. The molecule has 0 aliphatic heterocycles. The molecule has 6 heteroatoms. The number of rotatable bonds is 8. The predicted octanol–water partition coefficient (Wildman–Crippen LogP) is 2.70. The number of hydrogen-bond acceptors (Lipinski definition) is 4. The number of aryl methyl sites for hydroxylation is 1. The van der Waals surface area contributed by atoms with Crippen molar-refractivity contribution in [1.29, 1.82) is 0 Å². The molecule has 1 N–H and O–H groups in total. The lowest BCUT2D eigenvalue weighted by atomic mass is 10.1. The Bertz CT molecular complexity index is 786. The fraction of sp³-hybridized carbons (Fsp3) is 0.316. The maximum absolute atomic E-state index is 12.6. The fourth-order valence-corrected chi connectivity index (χ4v) is 3.73. The van der Waals surface area contributed by atoms with E-state index < -0.39 is 22.0 Å². The zero-order valence-corrected chi connectivity index (χ0v) is 15.3. The molecule has 0 heterocycles. The third-order valence-corrected chi connectivity index (χ3v) is 5.33. The van der Waals surface area contributed by atoms with Gasteiger partial charge in [-0.15, -0.1) is 0 Å². The van der Waals surface area contributed by atoms with E-state index in [1.807, 2.05) is 30.3 Å². The zero-order valence-electron chi connectivity index (χ0n) is 14.4. The van der Waals surface area contributed by atoms with E-state index in [1.165, 1.54) is 7.11 Å². The van der Waals surface area contributed by atoms with Gasteiger partial charge in [-0.25, -0.2) is 8.42 Å². The average Bonchev–Trinajstić information content (AvgIpc) is 2.62. The molecule has 0 spiro atoms. The summed E-state index contributed by atoms with van der Waals surface area (Å²) in [5.41, 5.74) is 1.93. The molecule has 1 atom stereocenters. The van der Waals surface area contributed by atoms with Crippen molar-refractivity contribution >= 4 is 16.0 Å². The molecule has 1 unspecified atom stereocenters. The van der Waals surface area contributed by atoms with E-state index >= 15 is 0 Å². The normalized spacial score (nSPS) is 12.6. The summed E-state index contributed by atoms with van der Waals surface area (Å²) in [5.74, 6) is -0.616. The molecule has 0 fully saturated rings. The molecule has 0 saturated heterocycles. The van der Waals surface area contributed by atoms with E-state index in [0.29, 0.717) is 0 Å². The first-order chi connectivity index (χ1) is 12.0. The van der Waals surface area contributed by atoms with Crippen LogP contribution in [0.3, 0.4) is 0 Å². The first kappa shape index (κ1) is 19.1. The average molecular weight is 361 g/mol. The second-order valence-corrected chi connectivity index (χ2v) is 7.49. The first-order valence-electron chi connectivity index (χ1n) is 8.19. The van der Waals surface area contributed by atoms with Crippen LogP contribution in [0.15, 0.2) is 59.5 Å². The fourth-order valence-electron chi connectivity index (χ4n) is 2.54. The van der Waals surface area contributed by atoms with Gasteiger partial charge in [0.25, 0.3) is 0 Å². The van der Waals surface area contributed by atoms with E-state index in [4.69, 9.17) is 4.74 Å². The van der Waals surface area contributed by atoms with Crippen molar-refractivity contribution in [3.8, 4) is 0 Å². The third kappa shape index (κ3) is 5.41. The molecule has 2 aromatic carbocycles. The van der Waals surface area contributed by atoms with Gasteiger partial charge in [-0.2, -0.15) is 4.72 Å². The van der Waals surface area contributed by atoms with Crippen LogP contribution in [0.2, 0.25) is 0 Å². The second-order valence-electron chi connectivity index (χ2n) is 5.78. The molecule has 25 heavy (non-hydrogen) atoms. The molecular weight excluding hydrogens is 338 g/mol. The molecule has 0 amide bonds. The van der Waals surface area contributed by atoms with Gasteiger partial charge < -0.3 is 4.74 Å². The summed E-state index contributed by atoms with van der Waals surface area (Å²) in [4.78, 5) is 12.1. The summed E-state index contributed by atoms with van der Waals surface area (Å²) in [6, 6.07) is 14.9. The van der Waals surface area contributed by atoms with E-state index in [1.54, 1.807) is 24.3 Å². The van der Waals surface area contributed by atoms with Crippen molar-refractivity contribution in [2.24, 2.45) is 0 Å². The lowest BCUT2D eigenvalue weighted by molar-refractivity contribution is -0.142. The molecule has 0 radical (unpaired) electrons. The molecule has 0 saturated carbocycles. The summed E-state index contributed by atoms with van der Waals surface area (Å²) in [6.45, 7) is 2.07. The minimum atomic E-state index is -3.82. The van der Waals surface area contributed by atoms with E-state index in [-0.39, 0.29) is 11.3 Å². The molecule has 0 aliphatic carbocycles. The number of hydrogen-bond donors (Lipinski definition) is 1. The Morgan fingerprint density at radius 1 is 1.04 bits per heavy atom. The van der Waals surface area contributed by atoms with Crippen molar-refractivity contribution in [2.75, 3.05) is 7.11 Å². The van der Waals surface area contributed by atoms with Crippen LogP contribution in [-0.4, -0.2) is 27.5 Å². The summed E-state index contributed by atoms with van der Waals surface area (Å²) in [7, 11) is -2.57. The second kappa shape index (κ2) is 8.78. The number of benzene rings is 2. The first-order valence-corrected chi connectivity index (χ1v) is 9.67. The largest absolute Gasteiger partial charge is 0.468 e. The summed E-state index contributed by atoms with van der Waals surface area (Å²) >= 11 is 0. The number of sulfonamides is 1. The van der Waals surface area contributed by atoms with Gasteiger partial charge in [0, 0.05) is 0 Å². The van der Waals surface area contributed by atoms with Gasteiger partial charge in [0.05, 0.1) is 12.0 Å². The standard InChI is InChI=1S/C19H23NO4S/c1-3-7-15-10-12-17(13-11-15)25(22,23)20-18(19(21)24-2)14-16-8-5-4-6-9-16/h4-6,8-13,18,20H,3,7,14H2,1-2H3. The van der Waals surface area contributed by atoms with Crippen LogP contribution < -0.4 is 4.72 Å². The summed E-state index contributed by atoms with van der Waals surface area (Å²) < 4.78 is 32.4. The number of nitrogens with one attached hydrogen (secondary N) is 1. The number of ether oxygens (including phenoxy) is 1. The molecule has 2 rings (SSSR count). The minimum absolute atomic E-state index is 0.134. The molecule has 0 bridgehead atoms. The van der Waals surface area contributed by atoms with Crippen LogP contribution >= 0.6 is 0 Å². The number of carbonyl (C=O) groups is 1. The van der Waals surface area contributed by atoms with E-state index in [2.05, 4.69) is 11.6 Å². The van der Waals surface area contributed by atoms with Gasteiger partial charge in [0.15, 0.2) is 0 Å². The van der Waals surface area contributed by atoms with Gasteiger partial charge in [0.1, 0.15) is 6.04 Å². The lowest BCUT2D eigenvalue weighted by Crippen LogP contribution is -2.42. The van der Waals surface area contributed by atoms with E-state index in [0.717, 1.165) is 24.0 Å². The van der Waals surface area contributed by atoms with Crippen LogP contribution in [0.4, 0.5) is 0 Å². The lowest BCUT2D eigenvalue weighted by Gasteiger charge is -2.17. The van der Waals surface area contributed by atoms with Crippen LogP contribution in [-0.2, 0) is 32.4 Å². The molecule has 134 valence electrons. The molecular formula is C19H23NO4S. The third-order valence-electron chi connectivity index (χ3n) is 3.84. The van der Waals surface area contributed by atoms with Crippen LogP contribution in [0.1, 0.15) is 24.5 Å². The van der Waals surface area contributed by atoms with Crippen molar-refractivity contribution in [1.82, 2.24) is 4.72 Å². The van der Waals surface area contributed by atoms with E-state index in [9.17, 15) is 13.2 Å². The monoisotopic (exact) mass is 361 g/mol. The molecule has 0 aliphatic rings. The maximum Gasteiger partial charge on any atom is 0.324 e. The Labute approximate surface area is 149 Å². The molecule has 5 nitrogen and oxygen atoms in total. The highest BCUT2D eigenvalue weighted by atomic mass is 32.2. The smallest absolute Gasteiger partial charge is 0.324 e. The van der Waals surface area contributed by atoms with Crippen molar-refractivity contribution in [3.63, 3.8) is 0 Å². The van der Waals surface area contributed by atoms with Crippen LogP contribution in [0, 0.1) is 0 Å². The Hall–Kier alpha value is -2.18. The summed E-state index contributed by atoms with van der Waals surface area (Å²) in [6.07, 6.45) is 2.11. The highest BCUT2D eigenvalue weighted by Crippen LogP contribution is 2.14. The maximum atomic E-state index is 12.6. The van der Waals surface area contributed by atoms with Crippen LogP contribution in [0.5, 0.6) is 0 Å². The Morgan fingerprint density at radius 2 is 1.68 bits per heavy atom. The van der Waals surface area contributed by atoms with Gasteiger partial charge in [-0.3, -0.25) is 4.79 Å². The Morgan fingerprint density at radius 3 is 2.24 bits per heavy atom. The van der Waals surface area contributed by atoms with Crippen molar-refractivity contribution in [2.45, 2.75) is 37.1 Å². The predicted molar refractivity (Wildman–Crippen MR) is 96.7 cm³/mol. The molecule has 0 aromatic heterocycles. The summed E-state index contributed by atoms with van der Waals surface area (Å²) in [5, 5.41) is 0. The van der Waals surface area contributed by atoms with Crippen molar-refractivity contribution in [3.05, 3.63) is 65.7 Å². The topological polar surface area (TPSA) is 72.5 Å². The highest BCUT2D eigenvalue weighted by molar-refractivity contribution is 7.89.